The quantitative estimate of drug-likeness (QED) is 0.702. The lowest BCUT2D eigenvalue weighted by Crippen LogP contribution is -2.48. The Balaban J connectivity index is 1.80. The molecule has 0 atom stereocenters. The molecule has 2 N–H and O–H groups in total. The van der Waals surface area contributed by atoms with Gasteiger partial charge in [0.25, 0.3) is 0 Å². The van der Waals surface area contributed by atoms with Crippen LogP contribution in [0.5, 0.6) is 0 Å². The van der Waals surface area contributed by atoms with Crippen LogP contribution in [-0.4, -0.2) is 47.9 Å². The molecule has 1 aromatic rings. The predicted octanol–water partition coefficient (Wildman–Crippen LogP) is 2.77. The standard InChI is InChI=1S/C17H24BrNO3S/c18-15-4-2-1-3-14(15)5-6-16(21)19-13-17(22-10-9-20)7-11-23-12-8-17/h1-4,20H,5-13H2,(H,19,21). The Hall–Kier alpha value is -0.560. The molecule has 0 spiro atoms. The molecule has 1 aromatic carbocycles. The first-order valence-corrected chi connectivity index (χ1v) is 9.93. The van der Waals surface area contributed by atoms with E-state index in [4.69, 9.17) is 9.84 Å². The van der Waals surface area contributed by atoms with Crippen molar-refractivity contribution in [3.63, 3.8) is 0 Å². The molecule has 4 nitrogen and oxygen atoms in total. The number of rotatable bonds is 8. The van der Waals surface area contributed by atoms with E-state index in [0.717, 1.165) is 34.4 Å². The minimum Gasteiger partial charge on any atom is -0.394 e. The third-order valence-corrected chi connectivity index (χ3v) is 5.85. The second-order valence-corrected chi connectivity index (χ2v) is 7.81. The van der Waals surface area contributed by atoms with Gasteiger partial charge in [0.1, 0.15) is 0 Å². The predicted molar refractivity (Wildman–Crippen MR) is 97.8 cm³/mol. The molecule has 0 bridgehead atoms. The van der Waals surface area contributed by atoms with Crippen LogP contribution in [0.1, 0.15) is 24.8 Å². The number of aliphatic hydroxyl groups is 1. The lowest BCUT2D eigenvalue weighted by Gasteiger charge is -2.37. The number of carbonyl (C=O) groups is 1. The van der Waals surface area contributed by atoms with Gasteiger partial charge in [-0.2, -0.15) is 11.8 Å². The van der Waals surface area contributed by atoms with Crippen molar-refractivity contribution in [2.24, 2.45) is 0 Å². The molecule has 2 rings (SSSR count). The number of hydrogen-bond acceptors (Lipinski definition) is 4. The molecule has 1 heterocycles. The zero-order chi connectivity index (χ0) is 16.5. The average molecular weight is 402 g/mol. The summed E-state index contributed by atoms with van der Waals surface area (Å²) in [6, 6.07) is 7.97. The maximum atomic E-state index is 12.1. The van der Waals surface area contributed by atoms with E-state index in [0.29, 0.717) is 26.0 Å². The van der Waals surface area contributed by atoms with E-state index in [9.17, 15) is 4.79 Å². The van der Waals surface area contributed by atoms with Crippen LogP contribution in [0.4, 0.5) is 0 Å². The fourth-order valence-corrected chi connectivity index (χ4v) is 4.39. The van der Waals surface area contributed by atoms with Crippen molar-refractivity contribution in [2.75, 3.05) is 31.3 Å². The van der Waals surface area contributed by atoms with E-state index in [1.54, 1.807) is 0 Å². The van der Waals surface area contributed by atoms with E-state index < -0.39 is 0 Å². The Labute approximate surface area is 150 Å². The molecule has 0 aromatic heterocycles. The van der Waals surface area contributed by atoms with E-state index in [1.807, 2.05) is 36.0 Å². The van der Waals surface area contributed by atoms with Crippen LogP contribution >= 0.6 is 27.7 Å². The number of halogens is 1. The zero-order valence-corrected chi connectivity index (χ0v) is 15.6. The van der Waals surface area contributed by atoms with E-state index in [1.165, 1.54) is 0 Å². The number of nitrogens with one attached hydrogen (secondary N) is 1. The minimum absolute atomic E-state index is 0.0187. The van der Waals surface area contributed by atoms with E-state index >= 15 is 0 Å². The van der Waals surface area contributed by atoms with Crippen molar-refractivity contribution >= 4 is 33.6 Å². The fraction of sp³-hybridized carbons (Fsp3) is 0.588. The molecule has 1 saturated heterocycles. The molecule has 23 heavy (non-hydrogen) atoms. The third-order valence-electron chi connectivity index (χ3n) is 4.09. The molecule has 1 aliphatic rings. The molecule has 1 aliphatic heterocycles. The number of carbonyl (C=O) groups excluding carboxylic acids is 1. The van der Waals surface area contributed by atoms with Gasteiger partial charge in [-0.05, 0) is 42.4 Å². The van der Waals surface area contributed by atoms with Crippen molar-refractivity contribution in [3.8, 4) is 0 Å². The SMILES string of the molecule is O=C(CCc1ccccc1Br)NCC1(OCCO)CCSCC1. The molecule has 6 heteroatoms. The highest BCUT2D eigenvalue weighted by Gasteiger charge is 2.33. The van der Waals surface area contributed by atoms with Gasteiger partial charge in [0.15, 0.2) is 0 Å². The van der Waals surface area contributed by atoms with Crippen molar-refractivity contribution in [3.05, 3.63) is 34.3 Å². The Bertz CT molecular complexity index is 506. The number of hydrogen-bond donors (Lipinski definition) is 2. The van der Waals surface area contributed by atoms with E-state index in [-0.39, 0.29) is 18.1 Å². The van der Waals surface area contributed by atoms with Gasteiger partial charge >= 0.3 is 0 Å². The first-order valence-electron chi connectivity index (χ1n) is 7.98. The lowest BCUT2D eigenvalue weighted by atomic mass is 9.96. The van der Waals surface area contributed by atoms with Crippen molar-refractivity contribution < 1.29 is 14.6 Å². The Morgan fingerprint density at radius 2 is 2.09 bits per heavy atom. The summed E-state index contributed by atoms with van der Waals surface area (Å²) < 4.78 is 6.91. The minimum atomic E-state index is -0.309. The van der Waals surface area contributed by atoms with Crippen LogP contribution < -0.4 is 5.32 Å². The highest BCUT2D eigenvalue weighted by molar-refractivity contribution is 9.10. The summed E-state index contributed by atoms with van der Waals surface area (Å²) in [4.78, 5) is 12.1. The summed E-state index contributed by atoms with van der Waals surface area (Å²) in [5.41, 5.74) is 0.833. The van der Waals surface area contributed by atoms with Gasteiger partial charge in [0.2, 0.25) is 5.91 Å². The Morgan fingerprint density at radius 1 is 1.35 bits per heavy atom. The Morgan fingerprint density at radius 3 is 2.78 bits per heavy atom. The molecule has 1 amide bonds. The van der Waals surface area contributed by atoms with Crippen molar-refractivity contribution in [2.45, 2.75) is 31.3 Å². The summed E-state index contributed by atoms with van der Waals surface area (Å²) in [6.45, 7) is 0.880. The summed E-state index contributed by atoms with van der Waals surface area (Å²) in [5.74, 6) is 2.13. The van der Waals surface area contributed by atoms with Gasteiger partial charge in [0.05, 0.1) is 18.8 Å². The van der Waals surface area contributed by atoms with Gasteiger partial charge in [-0.3, -0.25) is 4.79 Å². The van der Waals surface area contributed by atoms with Crippen LogP contribution in [0.25, 0.3) is 0 Å². The first kappa shape index (κ1) is 18.8. The number of aliphatic hydroxyl groups excluding tert-OH is 1. The van der Waals surface area contributed by atoms with Crippen LogP contribution in [0.2, 0.25) is 0 Å². The monoisotopic (exact) mass is 401 g/mol. The van der Waals surface area contributed by atoms with Gasteiger partial charge in [-0.15, -0.1) is 0 Å². The maximum Gasteiger partial charge on any atom is 0.220 e. The first-order chi connectivity index (χ1) is 11.2. The third kappa shape index (κ3) is 6.10. The second kappa shape index (κ2) is 9.67. The summed E-state index contributed by atoms with van der Waals surface area (Å²) in [7, 11) is 0. The largest absolute Gasteiger partial charge is 0.394 e. The maximum absolute atomic E-state index is 12.1. The lowest BCUT2D eigenvalue weighted by molar-refractivity contribution is -0.123. The highest BCUT2D eigenvalue weighted by Crippen LogP contribution is 2.30. The topological polar surface area (TPSA) is 58.6 Å². The van der Waals surface area contributed by atoms with Gasteiger partial charge in [-0.25, -0.2) is 0 Å². The molecule has 128 valence electrons. The van der Waals surface area contributed by atoms with Crippen molar-refractivity contribution in [1.82, 2.24) is 5.32 Å². The summed E-state index contributed by atoms with van der Waals surface area (Å²) in [5, 5.41) is 12.0. The van der Waals surface area contributed by atoms with E-state index in [2.05, 4.69) is 21.2 Å². The molecule has 0 radical (unpaired) electrons. The van der Waals surface area contributed by atoms with Gasteiger partial charge in [-0.1, -0.05) is 34.1 Å². The zero-order valence-electron chi connectivity index (χ0n) is 13.2. The summed E-state index contributed by atoms with van der Waals surface area (Å²) in [6.07, 6.45) is 3.02. The number of ether oxygens (including phenoxy) is 1. The molecule has 0 aliphatic carbocycles. The molecule has 0 saturated carbocycles. The fourth-order valence-electron chi connectivity index (χ4n) is 2.68. The normalized spacial score (nSPS) is 17.0. The molecular weight excluding hydrogens is 378 g/mol. The number of aryl methyl sites for hydroxylation is 1. The van der Waals surface area contributed by atoms with Crippen LogP contribution in [0.3, 0.4) is 0 Å². The molecular formula is C17H24BrNO3S. The highest BCUT2D eigenvalue weighted by atomic mass is 79.9. The van der Waals surface area contributed by atoms with Gasteiger partial charge in [0, 0.05) is 17.4 Å². The van der Waals surface area contributed by atoms with Crippen LogP contribution in [0, 0.1) is 0 Å². The second-order valence-electron chi connectivity index (χ2n) is 5.74. The number of benzene rings is 1. The summed E-state index contributed by atoms with van der Waals surface area (Å²) >= 11 is 5.42. The van der Waals surface area contributed by atoms with Crippen LogP contribution in [0.15, 0.2) is 28.7 Å². The van der Waals surface area contributed by atoms with Crippen molar-refractivity contribution in [1.29, 1.82) is 0 Å². The Kier molecular flexibility index (Phi) is 7.89. The number of amides is 1. The molecule has 1 fully saturated rings. The average Bonchev–Trinajstić information content (AvgIpc) is 2.58. The number of thioether (sulfide) groups is 1. The van der Waals surface area contributed by atoms with Gasteiger partial charge < -0.3 is 15.2 Å². The van der Waals surface area contributed by atoms with Crippen LogP contribution in [-0.2, 0) is 16.0 Å². The smallest absolute Gasteiger partial charge is 0.220 e. The molecule has 0 unspecified atom stereocenters.